The molecule has 0 aliphatic rings. The number of esters is 1. The molecule has 0 radical (unpaired) electrons. The van der Waals surface area contributed by atoms with E-state index in [0.717, 1.165) is 11.4 Å². The molecule has 22 heavy (non-hydrogen) atoms. The number of ketones is 1. The van der Waals surface area contributed by atoms with Crippen LogP contribution < -0.4 is 0 Å². The van der Waals surface area contributed by atoms with Crippen molar-refractivity contribution < 1.29 is 14.3 Å². The van der Waals surface area contributed by atoms with E-state index in [1.54, 1.807) is 12.1 Å². The van der Waals surface area contributed by atoms with E-state index in [9.17, 15) is 9.59 Å². The van der Waals surface area contributed by atoms with E-state index in [-0.39, 0.29) is 28.0 Å². The van der Waals surface area contributed by atoms with Crippen molar-refractivity contribution in [2.75, 3.05) is 6.61 Å². The molecule has 0 N–H and O–H groups in total. The average Bonchev–Trinajstić information content (AvgIpc) is 2.72. The Hall–Kier alpha value is -1.78. The number of hydrogen-bond acceptors (Lipinski definition) is 3. The number of Topliss-reactive ketones (excluding diaryl/α,β-unsaturated/α-hetero) is 1. The first-order valence-corrected chi connectivity index (χ1v) is 7.35. The van der Waals surface area contributed by atoms with E-state index in [4.69, 9.17) is 27.9 Å². The van der Waals surface area contributed by atoms with Gasteiger partial charge in [-0.05, 0) is 32.0 Å². The Balaban J connectivity index is 2.11. The summed E-state index contributed by atoms with van der Waals surface area (Å²) in [5, 5.41) is 0.383. The van der Waals surface area contributed by atoms with Crippen LogP contribution in [0.4, 0.5) is 0 Å². The van der Waals surface area contributed by atoms with Crippen LogP contribution >= 0.6 is 23.2 Å². The zero-order valence-electron chi connectivity index (χ0n) is 12.4. The molecular weight excluding hydrogens is 325 g/mol. The molecule has 0 atom stereocenters. The number of rotatable bonds is 4. The molecule has 4 nitrogen and oxygen atoms in total. The van der Waals surface area contributed by atoms with Crippen LogP contribution in [0, 0.1) is 13.8 Å². The van der Waals surface area contributed by atoms with Crippen molar-refractivity contribution in [3.05, 3.63) is 56.8 Å². The molecule has 116 valence electrons. The van der Waals surface area contributed by atoms with E-state index in [2.05, 4.69) is 0 Å². The summed E-state index contributed by atoms with van der Waals surface area (Å²) in [5.41, 5.74) is 2.40. The summed E-state index contributed by atoms with van der Waals surface area (Å²) in [6.45, 7) is 3.39. The number of ether oxygens (including phenoxy) is 1. The summed E-state index contributed by atoms with van der Waals surface area (Å²) in [7, 11) is 1.87. The maximum Gasteiger partial charge on any atom is 0.341 e. The summed E-state index contributed by atoms with van der Waals surface area (Å²) >= 11 is 11.9. The van der Waals surface area contributed by atoms with Gasteiger partial charge in [-0.2, -0.15) is 0 Å². The fourth-order valence-electron chi connectivity index (χ4n) is 2.11. The highest BCUT2D eigenvalue weighted by atomic mass is 35.5. The zero-order chi connectivity index (χ0) is 16.4. The third kappa shape index (κ3) is 3.18. The zero-order valence-corrected chi connectivity index (χ0v) is 14.0. The van der Waals surface area contributed by atoms with Crippen molar-refractivity contribution >= 4 is 35.0 Å². The lowest BCUT2D eigenvalue weighted by molar-refractivity contribution is 0.0475. The lowest BCUT2D eigenvalue weighted by Crippen LogP contribution is -2.15. The van der Waals surface area contributed by atoms with Crippen molar-refractivity contribution in [1.29, 1.82) is 0 Å². The summed E-state index contributed by atoms with van der Waals surface area (Å²) in [5.74, 6) is -0.980. The smallest absolute Gasteiger partial charge is 0.341 e. The third-order valence-electron chi connectivity index (χ3n) is 3.58. The van der Waals surface area contributed by atoms with Gasteiger partial charge in [0.15, 0.2) is 6.61 Å². The number of hydrogen-bond donors (Lipinski definition) is 0. The van der Waals surface area contributed by atoms with Crippen LogP contribution in [0.2, 0.25) is 10.0 Å². The summed E-state index contributed by atoms with van der Waals surface area (Å²) < 4.78 is 6.95. The normalized spacial score (nSPS) is 10.6. The Morgan fingerprint density at radius 3 is 2.27 bits per heavy atom. The van der Waals surface area contributed by atoms with Gasteiger partial charge in [0.05, 0.1) is 15.6 Å². The van der Waals surface area contributed by atoms with Gasteiger partial charge in [0.25, 0.3) is 0 Å². The van der Waals surface area contributed by atoms with Crippen LogP contribution in [-0.2, 0) is 11.8 Å². The van der Waals surface area contributed by atoms with Gasteiger partial charge in [-0.3, -0.25) is 4.79 Å². The molecule has 0 fully saturated rings. The number of carbonyl (C=O) groups excluding carboxylic acids is 2. The Morgan fingerprint density at radius 1 is 1.18 bits per heavy atom. The minimum atomic E-state index is -0.714. The second-order valence-corrected chi connectivity index (χ2v) is 5.75. The maximum atomic E-state index is 12.2. The van der Waals surface area contributed by atoms with E-state index < -0.39 is 5.97 Å². The molecule has 2 rings (SSSR count). The number of halogens is 2. The first-order chi connectivity index (χ1) is 10.3. The van der Waals surface area contributed by atoms with Gasteiger partial charge >= 0.3 is 5.97 Å². The number of carbonyl (C=O) groups is 2. The summed E-state index contributed by atoms with van der Waals surface area (Å²) in [6.07, 6.45) is 0. The molecule has 1 aromatic heterocycles. The van der Waals surface area contributed by atoms with Crippen molar-refractivity contribution in [2.24, 2.45) is 7.05 Å². The second kappa shape index (κ2) is 6.55. The van der Waals surface area contributed by atoms with Crippen LogP contribution in [0.5, 0.6) is 0 Å². The second-order valence-electron chi connectivity index (χ2n) is 4.94. The highest BCUT2D eigenvalue weighted by Gasteiger charge is 2.19. The molecule has 0 aliphatic heterocycles. The number of nitrogens with zero attached hydrogens (tertiary/aromatic N) is 1. The average molecular weight is 340 g/mol. The Morgan fingerprint density at radius 2 is 1.77 bits per heavy atom. The van der Waals surface area contributed by atoms with Gasteiger partial charge in [-0.15, -0.1) is 0 Å². The SMILES string of the molecule is Cc1cc(C(=O)COC(=O)c2c(Cl)cccc2Cl)c(C)n1C. The minimum Gasteiger partial charge on any atom is -0.454 e. The van der Waals surface area contributed by atoms with Crippen LogP contribution in [-0.4, -0.2) is 22.9 Å². The molecule has 0 bridgehead atoms. The largest absolute Gasteiger partial charge is 0.454 e. The molecule has 0 saturated carbocycles. The molecular formula is C16H15Cl2NO3. The van der Waals surface area contributed by atoms with Gasteiger partial charge in [0, 0.05) is 24.0 Å². The van der Waals surface area contributed by atoms with E-state index >= 15 is 0 Å². The third-order valence-corrected chi connectivity index (χ3v) is 4.21. The summed E-state index contributed by atoms with van der Waals surface area (Å²) in [6, 6.07) is 6.48. The van der Waals surface area contributed by atoms with Crippen molar-refractivity contribution in [2.45, 2.75) is 13.8 Å². The fraction of sp³-hybridized carbons (Fsp3) is 0.250. The Labute approximate surface area is 138 Å². The monoisotopic (exact) mass is 339 g/mol. The van der Waals surface area contributed by atoms with Crippen molar-refractivity contribution in [3.63, 3.8) is 0 Å². The van der Waals surface area contributed by atoms with Gasteiger partial charge in [-0.25, -0.2) is 4.79 Å². The molecule has 1 aromatic carbocycles. The van der Waals surface area contributed by atoms with Crippen LogP contribution in [0.1, 0.15) is 32.1 Å². The predicted molar refractivity (Wildman–Crippen MR) is 86.0 cm³/mol. The minimum absolute atomic E-state index is 0.0691. The molecule has 0 amide bonds. The molecule has 2 aromatic rings. The molecule has 0 unspecified atom stereocenters. The highest BCUT2D eigenvalue weighted by molar-refractivity contribution is 6.39. The molecule has 0 spiro atoms. The predicted octanol–water partition coefficient (Wildman–Crippen LogP) is 3.99. The van der Waals surface area contributed by atoms with E-state index in [1.165, 1.54) is 12.1 Å². The van der Waals surface area contributed by atoms with Crippen LogP contribution in [0.3, 0.4) is 0 Å². The van der Waals surface area contributed by atoms with Gasteiger partial charge in [0.2, 0.25) is 5.78 Å². The Kier molecular flexibility index (Phi) is 4.94. The topological polar surface area (TPSA) is 48.3 Å². The van der Waals surface area contributed by atoms with E-state index in [0.29, 0.717) is 5.56 Å². The van der Waals surface area contributed by atoms with Gasteiger partial charge in [0.1, 0.15) is 0 Å². The number of benzene rings is 1. The van der Waals surface area contributed by atoms with Crippen LogP contribution in [0.15, 0.2) is 24.3 Å². The first kappa shape index (κ1) is 16.6. The number of aromatic nitrogens is 1. The highest BCUT2D eigenvalue weighted by Crippen LogP contribution is 2.25. The summed E-state index contributed by atoms with van der Waals surface area (Å²) in [4.78, 5) is 24.2. The lowest BCUT2D eigenvalue weighted by atomic mass is 10.1. The lowest BCUT2D eigenvalue weighted by Gasteiger charge is -2.07. The fourth-order valence-corrected chi connectivity index (χ4v) is 2.66. The molecule has 1 heterocycles. The maximum absolute atomic E-state index is 12.2. The van der Waals surface area contributed by atoms with Gasteiger partial charge < -0.3 is 9.30 Å². The molecule has 0 saturated heterocycles. The quantitative estimate of drug-likeness (QED) is 0.625. The van der Waals surface area contributed by atoms with Crippen LogP contribution in [0.25, 0.3) is 0 Å². The van der Waals surface area contributed by atoms with E-state index in [1.807, 2.05) is 25.5 Å². The number of aryl methyl sites for hydroxylation is 1. The molecule has 0 aliphatic carbocycles. The standard InChI is InChI=1S/C16H15Cl2NO3/c1-9-7-11(10(2)19(9)3)14(20)8-22-16(21)15-12(17)5-4-6-13(15)18/h4-7H,8H2,1-3H3. The van der Waals surface area contributed by atoms with Crippen molar-refractivity contribution in [3.8, 4) is 0 Å². The van der Waals surface area contributed by atoms with Crippen molar-refractivity contribution in [1.82, 2.24) is 4.57 Å². The first-order valence-electron chi connectivity index (χ1n) is 6.60. The van der Waals surface area contributed by atoms with Gasteiger partial charge in [-0.1, -0.05) is 29.3 Å². The Bertz CT molecular complexity index is 730. The molecule has 6 heteroatoms.